The minimum atomic E-state index is -0.937. The van der Waals surface area contributed by atoms with Crippen LogP contribution in [0.5, 0.6) is 0 Å². The molecule has 20 heavy (non-hydrogen) atoms. The number of primary amides is 1. The predicted molar refractivity (Wildman–Crippen MR) is 76.3 cm³/mol. The first kappa shape index (κ1) is 14.0. The van der Waals surface area contributed by atoms with Crippen LogP contribution in [0.2, 0.25) is 0 Å². The summed E-state index contributed by atoms with van der Waals surface area (Å²) in [6, 6.07) is 6.28. The van der Waals surface area contributed by atoms with Crippen molar-refractivity contribution < 1.29 is 9.59 Å². The van der Waals surface area contributed by atoms with E-state index in [1.165, 1.54) is 0 Å². The number of hydrogen-bond donors (Lipinski definition) is 4. The second kappa shape index (κ2) is 6.16. The molecule has 1 atom stereocenters. The van der Waals surface area contributed by atoms with Crippen molar-refractivity contribution in [2.24, 2.45) is 16.5 Å². The van der Waals surface area contributed by atoms with Gasteiger partial charge in [-0.3, -0.25) is 14.6 Å². The Labute approximate surface area is 116 Å². The number of anilines is 1. The average Bonchev–Trinajstić information content (AvgIpc) is 2.92. The molecule has 2 amide bonds. The third-order valence-electron chi connectivity index (χ3n) is 2.86. The van der Waals surface area contributed by atoms with Crippen LogP contribution in [0.15, 0.2) is 29.3 Å². The summed E-state index contributed by atoms with van der Waals surface area (Å²) in [5.74, 6) is -0.186. The number of nitrogens with one attached hydrogen (secondary N) is 2. The molecule has 1 aromatic carbocycles. The number of carbonyl (C=O) groups is 2. The van der Waals surface area contributed by atoms with Gasteiger partial charge in [-0.25, -0.2) is 0 Å². The van der Waals surface area contributed by atoms with Crippen molar-refractivity contribution in [1.82, 2.24) is 5.32 Å². The first-order valence-corrected chi connectivity index (χ1v) is 6.30. The predicted octanol–water partition coefficient (Wildman–Crippen LogP) is -0.822. The van der Waals surface area contributed by atoms with Gasteiger partial charge >= 0.3 is 0 Å². The summed E-state index contributed by atoms with van der Waals surface area (Å²) in [7, 11) is 0. The standard InChI is InChI=1S/C13H17N5O2/c14-10(7-11(15)19)13(20)18-9-3-1-8(2-4-9)12-16-5-6-17-12/h1-4,10H,5-7,14H2,(H2,15,19)(H,16,17)(H,18,20)/t10-/m0/s1. The van der Waals surface area contributed by atoms with Gasteiger partial charge in [0.25, 0.3) is 0 Å². The fourth-order valence-electron chi connectivity index (χ4n) is 1.85. The van der Waals surface area contributed by atoms with Crippen LogP contribution in [0.1, 0.15) is 12.0 Å². The molecule has 2 rings (SSSR count). The number of aliphatic imine (C=N–C) groups is 1. The van der Waals surface area contributed by atoms with E-state index in [-0.39, 0.29) is 6.42 Å². The van der Waals surface area contributed by atoms with Gasteiger partial charge in [0, 0.05) is 17.8 Å². The van der Waals surface area contributed by atoms with Crippen LogP contribution in [-0.4, -0.2) is 36.8 Å². The van der Waals surface area contributed by atoms with Gasteiger partial charge in [-0.05, 0) is 24.3 Å². The van der Waals surface area contributed by atoms with Crippen LogP contribution in [0, 0.1) is 0 Å². The Balaban J connectivity index is 1.96. The molecule has 0 radical (unpaired) electrons. The lowest BCUT2D eigenvalue weighted by Crippen LogP contribution is -2.38. The van der Waals surface area contributed by atoms with E-state index in [1.807, 2.05) is 12.1 Å². The second-order valence-electron chi connectivity index (χ2n) is 4.50. The van der Waals surface area contributed by atoms with Gasteiger partial charge in [0.05, 0.1) is 19.0 Å². The largest absolute Gasteiger partial charge is 0.370 e. The highest BCUT2D eigenvalue weighted by Gasteiger charge is 2.16. The highest BCUT2D eigenvalue weighted by atomic mass is 16.2. The average molecular weight is 275 g/mol. The molecule has 0 unspecified atom stereocenters. The van der Waals surface area contributed by atoms with Crippen molar-refractivity contribution in [2.45, 2.75) is 12.5 Å². The van der Waals surface area contributed by atoms with Crippen LogP contribution >= 0.6 is 0 Å². The molecule has 7 heteroatoms. The van der Waals surface area contributed by atoms with Gasteiger partial charge in [0.1, 0.15) is 5.84 Å². The maximum absolute atomic E-state index is 11.7. The van der Waals surface area contributed by atoms with Crippen molar-refractivity contribution in [3.63, 3.8) is 0 Å². The summed E-state index contributed by atoms with van der Waals surface area (Å²) < 4.78 is 0. The lowest BCUT2D eigenvalue weighted by molar-refractivity contribution is -0.123. The maximum atomic E-state index is 11.7. The van der Waals surface area contributed by atoms with E-state index in [4.69, 9.17) is 11.5 Å². The molecule has 1 heterocycles. The number of carbonyl (C=O) groups excluding carboxylic acids is 2. The van der Waals surface area contributed by atoms with Gasteiger partial charge in [-0.2, -0.15) is 0 Å². The van der Waals surface area contributed by atoms with Crippen molar-refractivity contribution in [3.05, 3.63) is 29.8 Å². The fraction of sp³-hybridized carbons (Fsp3) is 0.308. The molecule has 0 bridgehead atoms. The van der Waals surface area contributed by atoms with Crippen molar-refractivity contribution >= 4 is 23.3 Å². The number of nitrogens with zero attached hydrogens (tertiary/aromatic N) is 1. The van der Waals surface area contributed by atoms with E-state index in [0.29, 0.717) is 5.69 Å². The maximum Gasteiger partial charge on any atom is 0.241 e. The van der Waals surface area contributed by atoms with Crippen LogP contribution in [-0.2, 0) is 9.59 Å². The first-order chi connectivity index (χ1) is 9.56. The highest BCUT2D eigenvalue weighted by molar-refractivity contribution is 6.01. The molecule has 6 N–H and O–H groups in total. The molecule has 1 aliphatic heterocycles. The molecule has 0 saturated carbocycles. The lowest BCUT2D eigenvalue weighted by Gasteiger charge is -2.11. The van der Waals surface area contributed by atoms with E-state index in [2.05, 4.69) is 15.6 Å². The number of amides is 2. The summed E-state index contributed by atoms with van der Waals surface area (Å²) in [5, 5.41) is 5.80. The molecule has 106 valence electrons. The number of nitrogens with two attached hydrogens (primary N) is 2. The highest BCUT2D eigenvalue weighted by Crippen LogP contribution is 2.11. The molecule has 0 saturated heterocycles. The number of amidine groups is 1. The zero-order valence-electron chi connectivity index (χ0n) is 10.9. The number of benzene rings is 1. The van der Waals surface area contributed by atoms with Gasteiger partial charge in [-0.15, -0.1) is 0 Å². The van der Waals surface area contributed by atoms with E-state index in [9.17, 15) is 9.59 Å². The van der Waals surface area contributed by atoms with Crippen LogP contribution in [0.3, 0.4) is 0 Å². The van der Waals surface area contributed by atoms with Crippen LogP contribution < -0.4 is 22.1 Å². The van der Waals surface area contributed by atoms with Crippen molar-refractivity contribution in [3.8, 4) is 0 Å². The summed E-state index contributed by atoms with van der Waals surface area (Å²) >= 11 is 0. The Morgan fingerprint density at radius 2 is 2.05 bits per heavy atom. The van der Waals surface area contributed by atoms with Gasteiger partial charge in [-0.1, -0.05) is 0 Å². The molecule has 0 fully saturated rings. The Kier molecular flexibility index (Phi) is 4.31. The Hall–Kier alpha value is -2.41. The van der Waals surface area contributed by atoms with Gasteiger partial charge in [0.15, 0.2) is 0 Å². The fourth-order valence-corrected chi connectivity index (χ4v) is 1.85. The van der Waals surface area contributed by atoms with E-state index in [1.54, 1.807) is 12.1 Å². The zero-order chi connectivity index (χ0) is 14.5. The van der Waals surface area contributed by atoms with Crippen molar-refractivity contribution in [1.29, 1.82) is 0 Å². The number of hydrogen-bond acceptors (Lipinski definition) is 5. The summed E-state index contributed by atoms with van der Waals surface area (Å²) in [5.41, 5.74) is 12.1. The summed E-state index contributed by atoms with van der Waals surface area (Å²) in [4.78, 5) is 26.7. The minimum Gasteiger partial charge on any atom is -0.370 e. The molecule has 1 aliphatic rings. The molecule has 0 aromatic heterocycles. The third-order valence-corrected chi connectivity index (χ3v) is 2.86. The van der Waals surface area contributed by atoms with Gasteiger partial charge in [0.2, 0.25) is 11.8 Å². The Bertz CT molecular complexity index is 538. The topological polar surface area (TPSA) is 123 Å². The Morgan fingerprint density at radius 1 is 1.35 bits per heavy atom. The van der Waals surface area contributed by atoms with Crippen molar-refractivity contribution in [2.75, 3.05) is 18.4 Å². The molecule has 7 nitrogen and oxygen atoms in total. The third kappa shape index (κ3) is 3.55. The molecular formula is C13H17N5O2. The molecule has 0 aliphatic carbocycles. The van der Waals surface area contributed by atoms with Crippen LogP contribution in [0.4, 0.5) is 5.69 Å². The summed E-state index contributed by atoms with van der Waals surface area (Å²) in [6.07, 6.45) is -0.176. The smallest absolute Gasteiger partial charge is 0.241 e. The second-order valence-corrected chi connectivity index (χ2v) is 4.50. The van der Waals surface area contributed by atoms with Gasteiger partial charge < -0.3 is 22.1 Å². The van der Waals surface area contributed by atoms with E-state index < -0.39 is 17.9 Å². The lowest BCUT2D eigenvalue weighted by atomic mass is 10.1. The first-order valence-electron chi connectivity index (χ1n) is 6.30. The van der Waals surface area contributed by atoms with E-state index in [0.717, 1.165) is 24.5 Å². The SMILES string of the molecule is NC(=O)C[C@H](N)C(=O)Nc1ccc(C2=NCCN2)cc1. The zero-order valence-corrected chi connectivity index (χ0v) is 10.9. The quantitative estimate of drug-likeness (QED) is 0.560. The van der Waals surface area contributed by atoms with Crippen LogP contribution in [0.25, 0.3) is 0 Å². The monoisotopic (exact) mass is 275 g/mol. The normalized spacial score (nSPS) is 15.2. The summed E-state index contributed by atoms with van der Waals surface area (Å²) in [6.45, 7) is 1.62. The van der Waals surface area contributed by atoms with E-state index >= 15 is 0 Å². The molecular weight excluding hydrogens is 258 g/mol. The molecule has 0 spiro atoms. The number of rotatable bonds is 5. The Morgan fingerprint density at radius 3 is 2.60 bits per heavy atom. The minimum absolute atomic E-state index is 0.176. The molecule has 1 aromatic rings.